The number of quaternary nitrogens is 1. The second kappa shape index (κ2) is 73.8. The highest BCUT2D eigenvalue weighted by Gasteiger charge is 2.22. The van der Waals surface area contributed by atoms with Crippen LogP contribution < -0.4 is 4.89 Å². The van der Waals surface area contributed by atoms with E-state index in [0.717, 1.165) is 161 Å². The summed E-state index contributed by atoms with van der Waals surface area (Å²) < 4.78 is 34.3. The molecule has 0 bridgehead atoms. The van der Waals surface area contributed by atoms with E-state index in [1.54, 1.807) is 0 Å². The van der Waals surface area contributed by atoms with Gasteiger partial charge in [-0.3, -0.25) is 14.2 Å². The van der Waals surface area contributed by atoms with Gasteiger partial charge in [0.2, 0.25) is 0 Å². The van der Waals surface area contributed by atoms with Gasteiger partial charge >= 0.3 is 11.9 Å². The van der Waals surface area contributed by atoms with Crippen molar-refractivity contribution in [1.82, 2.24) is 0 Å². The third kappa shape index (κ3) is 77.6. The molecule has 0 aliphatic carbocycles. The molecule has 0 aromatic rings. The van der Waals surface area contributed by atoms with Gasteiger partial charge in [0.15, 0.2) is 6.10 Å². The Morgan fingerprint density at radius 3 is 0.833 bits per heavy atom. The first-order valence-electron chi connectivity index (χ1n) is 37.8. The Kier molecular flexibility index (Phi) is 69.7. The summed E-state index contributed by atoms with van der Waals surface area (Å²) in [4.78, 5) is 38.2. The van der Waals surface area contributed by atoms with Crippen molar-refractivity contribution in [2.75, 3.05) is 47.5 Å². The average molecular weight is 1350 g/mol. The summed E-state index contributed by atoms with van der Waals surface area (Å²) >= 11 is 0. The topological polar surface area (TPSA) is 111 Å². The molecular formula is C86H138NO8P. The van der Waals surface area contributed by atoms with Crippen LogP contribution in [-0.4, -0.2) is 70.0 Å². The Morgan fingerprint density at radius 2 is 0.562 bits per heavy atom. The number of ether oxygens (including phenoxy) is 2. The predicted octanol–water partition coefficient (Wildman–Crippen LogP) is 24.7. The molecule has 0 amide bonds. The first kappa shape index (κ1) is 90.6. The van der Waals surface area contributed by atoms with Crippen LogP contribution in [0.15, 0.2) is 207 Å². The number of unbranched alkanes of at least 4 members (excludes halogenated alkanes) is 19. The molecule has 0 fully saturated rings. The standard InChI is InChI=1S/C86H138NO8P/c1-6-8-10-12-14-16-18-20-22-24-26-28-30-32-34-36-38-40-41-42-43-44-45-47-49-51-53-55-57-59-61-63-65-67-69-71-73-75-77-79-86(89)95-84(83-94-96(90,91)93-81-80-87(3,4)5)82-92-85(88)78-76-74-72-70-68-66-64-62-60-58-56-54-52-50-48-46-39-37-35-33-31-29-27-25-23-21-19-17-15-13-11-9-7-2/h8-11,14-17,20-23,26-29,32-35,38-40,42-43,45-47,50-53,57,59,84H,6-7,12-13,18-19,24-25,30-31,36-37,41,44,48-49,54-56,58,60-83H2,1-5H3/b10-8-,11-9-,16-14-,17-15-,22-20-,23-21-,28-26-,29-27-,34-32-,35-33-,40-38-,43-42-,46-39-,47-45-,52-50-,53-51-,59-57-. The number of likely N-dealkylation sites (N-methyl/N-ethyl adjacent to an activating group) is 1. The van der Waals surface area contributed by atoms with E-state index in [-0.39, 0.29) is 26.1 Å². The zero-order valence-corrected chi connectivity index (χ0v) is 62.4. The van der Waals surface area contributed by atoms with Crippen LogP contribution in [-0.2, 0) is 32.7 Å². The SMILES string of the molecule is CC/C=C\C/C=C\C/C=C\C/C=C\C/C=C\C/C=C\C/C=C\C/C=C\C/C=C\C/C=C\CCCCCCCCCCC(=O)OC(COC(=O)CCCCCCCCCCCCC/C=C\C/C=C\C/C=C\C/C=C\C/C=C\C/C=C\C/C=C\CC)COP(=O)([O-])OCC[N+](C)(C)C. The molecule has 0 aromatic carbocycles. The molecule has 0 radical (unpaired) electrons. The Labute approximate surface area is 589 Å². The predicted molar refractivity (Wildman–Crippen MR) is 415 cm³/mol. The number of hydrogen-bond donors (Lipinski definition) is 0. The Balaban J connectivity index is 4.13. The molecule has 0 heterocycles. The fraction of sp³-hybridized carbons (Fsp3) is 0.581. The highest BCUT2D eigenvalue weighted by atomic mass is 31.2. The minimum Gasteiger partial charge on any atom is -0.756 e. The van der Waals surface area contributed by atoms with E-state index in [1.807, 2.05) is 21.1 Å². The van der Waals surface area contributed by atoms with Crippen molar-refractivity contribution in [2.45, 2.75) is 277 Å². The van der Waals surface area contributed by atoms with Crippen molar-refractivity contribution in [2.24, 2.45) is 0 Å². The van der Waals surface area contributed by atoms with Gasteiger partial charge in [-0.05, 0) is 148 Å². The van der Waals surface area contributed by atoms with Gasteiger partial charge in [0.05, 0.1) is 27.7 Å². The molecule has 0 aromatic heterocycles. The molecule has 0 saturated carbocycles. The Bertz CT molecular complexity index is 2380. The van der Waals surface area contributed by atoms with Gasteiger partial charge in [0.1, 0.15) is 19.8 Å². The molecule has 0 rings (SSSR count). The maximum Gasteiger partial charge on any atom is 0.306 e. The largest absolute Gasteiger partial charge is 0.756 e. The van der Waals surface area contributed by atoms with Crippen molar-refractivity contribution in [1.29, 1.82) is 0 Å². The van der Waals surface area contributed by atoms with Crippen LogP contribution in [0.2, 0.25) is 0 Å². The lowest BCUT2D eigenvalue weighted by Gasteiger charge is -2.28. The molecule has 10 heteroatoms. The highest BCUT2D eigenvalue weighted by molar-refractivity contribution is 7.45. The normalized spacial score (nSPS) is 14.3. The second-order valence-corrected chi connectivity index (χ2v) is 27.0. The van der Waals surface area contributed by atoms with Gasteiger partial charge in [-0.1, -0.05) is 317 Å². The van der Waals surface area contributed by atoms with Gasteiger partial charge in [0, 0.05) is 12.8 Å². The molecular weight excluding hydrogens is 1210 g/mol. The number of phosphoric ester groups is 1. The van der Waals surface area contributed by atoms with E-state index < -0.39 is 32.5 Å². The number of carbonyl (C=O) groups is 2. The highest BCUT2D eigenvalue weighted by Crippen LogP contribution is 2.38. The zero-order chi connectivity index (χ0) is 69.7. The van der Waals surface area contributed by atoms with E-state index in [1.165, 1.54) is 70.6 Å². The fourth-order valence-corrected chi connectivity index (χ4v) is 10.3. The minimum atomic E-state index is -4.66. The molecule has 0 aliphatic rings. The van der Waals surface area contributed by atoms with Crippen LogP contribution in [0.5, 0.6) is 0 Å². The maximum absolute atomic E-state index is 12.9. The molecule has 0 saturated heterocycles. The van der Waals surface area contributed by atoms with E-state index in [2.05, 4.69) is 220 Å². The van der Waals surface area contributed by atoms with E-state index in [4.69, 9.17) is 18.5 Å². The summed E-state index contributed by atoms with van der Waals surface area (Å²) in [7, 11) is 1.13. The van der Waals surface area contributed by atoms with Crippen LogP contribution in [0, 0.1) is 0 Å². The lowest BCUT2D eigenvalue weighted by Crippen LogP contribution is -2.37. The molecule has 9 nitrogen and oxygen atoms in total. The zero-order valence-electron chi connectivity index (χ0n) is 61.5. The van der Waals surface area contributed by atoms with Crippen molar-refractivity contribution in [3.63, 3.8) is 0 Å². The smallest absolute Gasteiger partial charge is 0.306 e. The number of hydrogen-bond acceptors (Lipinski definition) is 8. The number of carbonyl (C=O) groups excluding carboxylic acids is 2. The fourth-order valence-electron chi connectivity index (χ4n) is 9.61. The third-order valence-corrected chi connectivity index (χ3v) is 16.3. The first-order valence-corrected chi connectivity index (χ1v) is 39.3. The van der Waals surface area contributed by atoms with Crippen LogP contribution in [0.4, 0.5) is 0 Å². The summed E-state index contributed by atoms with van der Waals surface area (Å²) in [5.74, 6) is -0.857. The lowest BCUT2D eigenvalue weighted by molar-refractivity contribution is -0.870. The van der Waals surface area contributed by atoms with Crippen molar-refractivity contribution < 1.29 is 42.1 Å². The van der Waals surface area contributed by atoms with Crippen molar-refractivity contribution in [3.8, 4) is 0 Å². The van der Waals surface area contributed by atoms with E-state index >= 15 is 0 Å². The number of esters is 2. The lowest BCUT2D eigenvalue weighted by atomic mass is 10.0. The van der Waals surface area contributed by atoms with Crippen LogP contribution in [0.25, 0.3) is 0 Å². The van der Waals surface area contributed by atoms with E-state index in [9.17, 15) is 19.0 Å². The molecule has 96 heavy (non-hydrogen) atoms. The molecule has 2 atom stereocenters. The Hall–Kier alpha value is -5.41. The van der Waals surface area contributed by atoms with Gasteiger partial charge < -0.3 is 27.9 Å². The van der Waals surface area contributed by atoms with Gasteiger partial charge in [-0.2, -0.15) is 0 Å². The quantitative estimate of drug-likeness (QED) is 0.0195. The molecule has 0 spiro atoms. The van der Waals surface area contributed by atoms with Gasteiger partial charge in [-0.25, -0.2) is 0 Å². The summed E-state index contributed by atoms with van der Waals surface area (Å²) in [6.07, 6.45) is 116. The molecule has 0 aliphatic heterocycles. The van der Waals surface area contributed by atoms with Gasteiger partial charge in [-0.15, -0.1) is 0 Å². The van der Waals surface area contributed by atoms with Gasteiger partial charge in [0.25, 0.3) is 7.82 Å². The van der Waals surface area contributed by atoms with Crippen molar-refractivity contribution >= 4 is 19.8 Å². The summed E-state index contributed by atoms with van der Waals surface area (Å²) in [5.41, 5.74) is 0. The first-order chi connectivity index (χ1) is 47.0. The number of nitrogens with zero attached hydrogens (tertiary/aromatic N) is 1. The van der Waals surface area contributed by atoms with E-state index in [0.29, 0.717) is 23.9 Å². The summed E-state index contributed by atoms with van der Waals surface area (Å²) in [6.45, 7) is 3.98. The third-order valence-electron chi connectivity index (χ3n) is 15.3. The number of phosphoric acid groups is 1. The van der Waals surface area contributed by atoms with Crippen LogP contribution in [0.3, 0.4) is 0 Å². The molecule has 2 unspecified atom stereocenters. The minimum absolute atomic E-state index is 0.0435. The number of allylic oxidation sites excluding steroid dienone is 34. The summed E-state index contributed by atoms with van der Waals surface area (Å²) in [5, 5.41) is 0. The monoisotopic (exact) mass is 1340 g/mol. The number of rotatable bonds is 67. The molecule has 540 valence electrons. The van der Waals surface area contributed by atoms with Crippen LogP contribution >= 0.6 is 7.82 Å². The van der Waals surface area contributed by atoms with Crippen molar-refractivity contribution in [3.05, 3.63) is 207 Å². The maximum atomic E-state index is 12.9. The Morgan fingerprint density at radius 1 is 0.323 bits per heavy atom. The average Bonchev–Trinajstić information content (AvgIpc) is 1.98. The molecule has 0 N–H and O–H groups in total. The second-order valence-electron chi connectivity index (χ2n) is 25.5. The summed E-state index contributed by atoms with van der Waals surface area (Å²) in [6, 6.07) is 0. The van der Waals surface area contributed by atoms with Crippen LogP contribution in [0.1, 0.15) is 271 Å².